The van der Waals surface area contributed by atoms with Crippen molar-refractivity contribution in [2.24, 2.45) is 10.9 Å². The number of aliphatic hydroxyl groups is 1. The van der Waals surface area contributed by atoms with E-state index in [2.05, 4.69) is 15.3 Å². The zero-order valence-electron chi connectivity index (χ0n) is 16.0. The van der Waals surface area contributed by atoms with E-state index < -0.39 is 17.8 Å². The number of carbonyl (C=O) groups excluding carboxylic acids is 1. The number of rotatable bonds is 5. The minimum atomic E-state index is -0.885. The smallest absolute Gasteiger partial charge is 0.338 e. The van der Waals surface area contributed by atoms with Crippen molar-refractivity contribution in [3.05, 3.63) is 62.5 Å². The van der Waals surface area contributed by atoms with E-state index in [4.69, 9.17) is 21.1 Å². The molecule has 2 N–H and O–H groups in total. The first-order valence-corrected chi connectivity index (χ1v) is 10.5. The van der Waals surface area contributed by atoms with Crippen LogP contribution < -0.4 is 5.32 Å². The average molecular weight is 452 g/mol. The average Bonchev–Trinajstić information content (AvgIpc) is 3.46. The minimum absolute atomic E-state index is 0.108. The van der Waals surface area contributed by atoms with Crippen molar-refractivity contribution in [3.63, 3.8) is 0 Å². The number of nitrogens with one attached hydrogen (secondary N) is 1. The van der Waals surface area contributed by atoms with Crippen molar-refractivity contribution >= 4 is 34.7 Å². The van der Waals surface area contributed by atoms with E-state index >= 15 is 0 Å². The van der Waals surface area contributed by atoms with Crippen LogP contribution in [0.25, 0.3) is 0 Å². The Balaban J connectivity index is 1.88. The molecule has 2 aliphatic rings. The van der Waals surface area contributed by atoms with E-state index in [1.807, 2.05) is 5.38 Å². The van der Waals surface area contributed by atoms with Gasteiger partial charge < -0.3 is 19.9 Å². The van der Waals surface area contributed by atoms with Crippen LogP contribution in [0.3, 0.4) is 0 Å². The predicted octanol–water partition coefficient (Wildman–Crippen LogP) is 2.85. The van der Waals surface area contributed by atoms with Crippen LogP contribution in [0.1, 0.15) is 23.0 Å². The van der Waals surface area contributed by atoms with Crippen LogP contribution in [0, 0.1) is 11.7 Å². The van der Waals surface area contributed by atoms with Gasteiger partial charge in [-0.1, -0.05) is 23.7 Å². The quantitative estimate of drug-likeness (QED) is 0.679. The molecule has 0 bridgehead atoms. The highest BCUT2D eigenvalue weighted by molar-refractivity contribution is 7.11. The number of carbonyl (C=O) groups is 1. The van der Waals surface area contributed by atoms with Crippen LogP contribution in [0.4, 0.5) is 4.39 Å². The molecule has 30 heavy (non-hydrogen) atoms. The summed E-state index contributed by atoms with van der Waals surface area (Å²) in [4.78, 5) is 21.8. The third-order valence-corrected chi connectivity index (χ3v) is 6.26. The third-order valence-electron chi connectivity index (χ3n) is 5.08. The Morgan fingerprint density at radius 3 is 3.00 bits per heavy atom. The van der Waals surface area contributed by atoms with Crippen molar-refractivity contribution in [1.82, 2.24) is 10.3 Å². The van der Waals surface area contributed by atoms with Crippen LogP contribution in [0.5, 0.6) is 0 Å². The van der Waals surface area contributed by atoms with Gasteiger partial charge in [0.15, 0.2) is 10.8 Å². The molecule has 158 valence electrons. The molecule has 1 aromatic carbocycles. The SMILES string of the molecule is COC(=O)C1=C(C2COC(CO)C2)NC(c2nccs2)=NC1c1cccc(F)c1Cl. The second-order valence-corrected chi connectivity index (χ2v) is 8.15. The molecule has 1 aromatic heterocycles. The monoisotopic (exact) mass is 451 g/mol. The highest BCUT2D eigenvalue weighted by Crippen LogP contribution is 2.40. The van der Waals surface area contributed by atoms with Gasteiger partial charge in [-0.05, 0) is 12.5 Å². The Kier molecular flexibility index (Phi) is 6.14. The highest BCUT2D eigenvalue weighted by Gasteiger charge is 2.39. The normalized spacial score (nSPS) is 23.9. The van der Waals surface area contributed by atoms with Gasteiger partial charge in [0.05, 0.1) is 37.0 Å². The summed E-state index contributed by atoms with van der Waals surface area (Å²) in [5.41, 5.74) is 1.14. The summed E-state index contributed by atoms with van der Waals surface area (Å²) in [7, 11) is 1.28. The van der Waals surface area contributed by atoms with Crippen molar-refractivity contribution in [1.29, 1.82) is 0 Å². The fraction of sp³-hybridized carbons (Fsp3) is 0.350. The van der Waals surface area contributed by atoms with E-state index in [-0.39, 0.29) is 29.2 Å². The summed E-state index contributed by atoms with van der Waals surface area (Å²) in [6, 6.07) is 3.51. The summed E-state index contributed by atoms with van der Waals surface area (Å²) in [5.74, 6) is -0.965. The molecule has 0 spiro atoms. The number of aromatic nitrogens is 1. The topological polar surface area (TPSA) is 93.0 Å². The fourth-order valence-corrected chi connectivity index (χ4v) is 4.48. The fourth-order valence-electron chi connectivity index (χ4n) is 3.66. The van der Waals surface area contributed by atoms with Crippen LogP contribution in [0.15, 0.2) is 46.0 Å². The Labute approximate surface area is 181 Å². The molecule has 3 atom stereocenters. The Hall–Kier alpha value is -2.33. The number of aliphatic hydroxyl groups excluding tert-OH is 1. The summed E-state index contributed by atoms with van der Waals surface area (Å²) in [6.07, 6.45) is 1.82. The molecule has 2 aliphatic heterocycles. The van der Waals surface area contributed by atoms with E-state index in [0.29, 0.717) is 35.1 Å². The lowest BCUT2D eigenvalue weighted by Gasteiger charge is -2.29. The van der Waals surface area contributed by atoms with Crippen molar-refractivity contribution in [2.75, 3.05) is 20.3 Å². The first kappa shape index (κ1) is 20.9. The number of thiazole rings is 1. The lowest BCUT2D eigenvalue weighted by Crippen LogP contribution is -2.37. The molecular weight excluding hydrogens is 433 g/mol. The summed E-state index contributed by atoms with van der Waals surface area (Å²) in [5, 5.41) is 15.0. The van der Waals surface area contributed by atoms with Crippen LogP contribution in [0.2, 0.25) is 5.02 Å². The van der Waals surface area contributed by atoms with Gasteiger partial charge >= 0.3 is 5.97 Å². The molecule has 1 fully saturated rings. The maximum Gasteiger partial charge on any atom is 0.338 e. The summed E-state index contributed by atoms with van der Waals surface area (Å²) >= 11 is 7.63. The molecule has 0 aliphatic carbocycles. The Bertz CT molecular complexity index is 1010. The second-order valence-electron chi connectivity index (χ2n) is 6.88. The standard InChI is InChI=1S/C20H19ClFN3O4S/c1-28-20(27)14-16(10-7-11(8-26)29-9-10)24-18(19-23-5-6-30-19)25-17(14)12-3-2-4-13(22)15(12)21/h2-6,10-11,17,26H,7-9H2,1H3,(H,24,25). The summed E-state index contributed by atoms with van der Waals surface area (Å²) < 4.78 is 24.9. The van der Waals surface area contributed by atoms with Crippen LogP contribution in [-0.4, -0.2) is 48.3 Å². The number of amidine groups is 1. The predicted molar refractivity (Wildman–Crippen MR) is 110 cm³/mol. The Morgan fingerprint density at radius 1 is 1.50 bits per heavy atom. The van der Waals surface area contributed by atoms with E-state index in [1.165, 1.54) is 30.6 Å². The zero-order chi connectivity index (χ0) is 21.3. The molecule has 4 rings (SSSR count). The number of aliphatic imine (C=N–C) groups is 1. The number of halogens is 2. The van der Waals surface area contributed by atoms with Crippen molar-refractivity contribution in [3.8, 4) is 0 Å². The number of methoxy groups -OCH3 is 1. The molecule has 2 aromatic rings. The zero-order valence-corrected chi connectivity index (χ0v) is 17.5. The van der Waals surface area contributed by atoms with E-state index in [0.717, 1.165) is 0 Å². The first-order chi connectivity index (χ1) is 14.5. The van der Waals surface area contributed by atoms with Gasteiger partial charge in [0.2, 0.25) is 0 Å². The van der Waals surface area contributed by atoms with Gasteiger partial charge in [-0.25, -0.2) is 14.2 Å². The van der Waals surface area contributed by atoms with E-state index in [9.17, 15) is 14.3 Å². The maximum absolute atomic E-state index is 14.2. The number of nitrogens with zero attached hydrogens (tertiary/aromatic N) is 2. The molecule has 0 radical (unpaired) electrons. The van der Waals surface area contributed by atoms with E-state index in [1.54, 1.807) is 12.3 Å². The second kappa shape index (κ2) is 8.81. The maximum atomic E-state index is 14.2. The molecule has 0 saturated carbocycles. The van der Waals surface area contributed by atoms with Gasteiger partial charge in [-0.15, -0.1) is 11.3 Å². The number of esters is 1. The van der Waals surface area contributed by atoms with Crippen LogP contribution >= 0.6 is 22.9 Å². The summed E-state index contributed by atoms with van der Waals surface area (Å²) in [6.45, 7) is 0.187. The van der Waals surface area contributed by atoms with Gasteiger partial charge in [-0.3, -0.25) is 4.99 Å². The molecule has 1 saturated heterocycles. The van der Waals surface area contributed by atoms with Gasteiger partial charge in [0, 0.05) is 28.8 Å². The number of ether oxygens (including phenoxy) is 2. The number of benzene rings is 1. The number of hydrogen-bond donors (Lipinski definition) is 2. The van der Waals surface area contributed by atoms with Crippen molar-refractivity contribution < 1.29 is 23.8 Å². The van der Waals surface area contributed by atoms with Gasteiger partial charge in [0.25, 0.3) is 0 Å². The van der Waals surface area contributed by atoms with Gasteiger partial charge in [-0.2, -0.15) is 0 Å². The Morgan fingerprint density at radius 2 is 2.33 bits per heavy atom. The highest BCUT2D eigenvalue weighted by atomic mass is 35.5. The molecule has 3 unspecified atom stereocenters. The third kappa shape index (κ3) is 3.85. The van der Waals surface area contributed by atoms with Crippen LogP contribution in [-0.2, 0) is 14.3 Å². The van der Waals surface area contributed by atoms with Gasteiger partial charge in [0.1, 0.15) is 11.9 Å². The lowest BCUT2D eigenvalue weighted by molar-refractivity contribution is -0.136. The molecule has 3 heterocycles. The lowest BCUT2D eigenvalue weighted by atomic mass is 9.89. The molecule has 0 amide bonds. The largest absolute Gasteiger partial charge is 0.466 e. The minimum Gasteiger partial charge on any atom is -0.466 e. The first-order valence-electron chi connectivity index (χ1n) is 9.26. The van der Waals surface area contributed by atoms with Crippen molar-refractivity contribution in [2.45, 2.75) is 18.6 Å². The number of hydrogen-bond acceptors (Lipinski definition) is 8. The molecular formula is C20H19ClFN3O4S. The molecule has 7 nitrogen and oxygen atoms in total. The molecule has 10 heteroatoms.